The first-order chi connectivity index (χ1) is 12.8. The van der Waals surface area contributed by atoms with Crippen molar-refractivity contribution in [1.82, 2.24) is 5.32 Å². The quantitative estimate of drug-likeness (QED) is 0.732. The van der Waals surface area contributed by atoms with E-state index >= 15 is 0 Å². The predicted molar refractivity (Wildman–Crippen MR) is 106 cm³/mol. The highest BCUT2D eigenvalue weighted by Gasteiger charge is 2.60. The number of nitrogens with one attached hydrogen (secondary N) is 1. The molecule has 9 atom stereocenters. The highest BCUT2D eigenvalue weighted by atomic mass is 16.6. The van der Waals surface area contributed by atoms with E-state index in [1.807, 2.05) is 0 Å². The van der Waals surface area contributed by atoms with Crippen molar-refractivity contribution in [3.05, 3.63) is 0 Å². The molecule has 27 heavy (non-hydrogen) atoms. The Morgan fingerprint density at radius 3 is 2.63 bits per heavy atom. The van der Waals surface area contributed by atoms with Crippen LogP contribution in [0, 0.1) is 40.4 Å². The summed E-state index contributed by atoms with van der Waals surface area (Å²) in [5.74, 6) is 3.99. The van der Waals surface area contributed by atoms with Crippen molar-refractivity contribution in [2.45, 2.75) is 84.5 Å². The zero-order chi connectivity index (χ0) is 19.4. The summed E-state index contributed by atoms with van der Waals surface area (Å²) in [4.78, 5) is 12.7. The van der Waals surface area contributed by atoms with Crippen molar-refractivity contribution in [1.29, 1.82) is 0 Å². The van der Waals surface area contributed by atoms with Gasteiger partial charge < -0.3 is 15.2 Å². The lowest BCUT2D eigenvalue weighted by Crippen LogP contribution is -2.56. The van der Waals surface area contributed by atoms with Crippen LogP contribution in [0.1, 0.15) is 72.1 Å². The first-order valence-electron chi connectivity index (χ1n) is 11.3. The third-order valence-corrected chi connectivity index (χ3v) is 9.67. The number of carbonyl (C=O) groups excluding carboxylic acids is 1. The molecule has 154 valence electrons. The predicted octanol–water partition coefficient (Wildman–Crippen LogP) is 3.77. The van der Waals surface area contributed by atoms with Gasteiger partial charge in [-0.05, 0) is 92.4 Å². The molecule has 0 radical (unpaired) electrons. The molecular weight excluding hydrogens is 338 g/mol. The lowest BCUT2D eigenvalue weighted by molar-refractivity contribution is -0.189. The molecule has 4 aliphatic carbocycles. The molecule has 4 heteroatoms. The first-order valence-corrected chi connectivity index (χ1v) is 11.3. The van der Waals surface area contributed by atoms with E-state index in [-0.39, 0.29) is 11.2 Å². The molecular formula is C23H39NO3. The van der Waals surface area contributed by atoms with E-state index in [0.29, 0.717) is 24.3 Å². The maximum absolute atomic E-state index is 12.7. The SMILES string of the molecule is CNCC(O)OC1C[C@@]2(C)C(CCC3C2CC[C@@]2(C)C3CC[C@H]2C)CC1=O. The molecule has 0 saturated heterocycles. The second-order valence-electron chi connectivity index (χ2n) is 10.7. The van der Waals surface area contributed by atoms with Crippen LogP contribution < -0.4 is 5.32 Å². The van der Waals surface area contributed by atoms with Crippen LogP contribution in [0.2, 0.25) is 0 Å². The number of hydrogen-bond acceptors (Lipinski definition) is 4. The second kappa shape index (κ2) is 7.11. The minimum atomic E-state index is -0.895. The largest absolute Gasteiger partial charge is 0.367 e. The van der Waals surface area contributed by atoms with Crippen LogP contribution >= 0.6 is 0 Å². The summed E-state index contributed by atoms with van der Waals surface area (Å²) < 4.78 is 5.80. The summed E-state index contributed by atoms with van der Waals surface area (Å²) >= 11 is 0. The van der Waals surface area contributed by atoms with Gasteiger partial charge in [-0.2, -0.15) is 0 Å². The average Bonchev–Trinajstić information content (AvgIpc) is 2.92. The van der Waals surface area contributed by atoms with Crippen LogP contribution in [0.5, 0.6) is 0 Å². The molecule has 4 rings (SSSR count). The van der Waals surface area contributed by atoms with E-state index in [1.54, 1.807) is 7.05 Å². The molecule has 0 heterocycles. The minimum Gasteiger partial charge on any atom is -0.367 e. The van der Waals surface area contributed by atoms with E-state index in [9.17, 15) is 9.90 Å². The maximum Gasteiger partial charge on any atom is 0.167 e. The third-order valence-electron chi connectivity index (χ3n) is 9.67. The van der Waals surface area contributed by atoms with Gasteiger partial charge in [-0.3, -0.25) is 4.79 Å². The van der Waals surface area contributed by atoms with E-state index in [0.717, 1.165) is 30.1 Å². The van der Waals surface area contributed by atoms with Crippen molar-refractivity contribution < 1.29 is 14.6 Å². The minimum absolute atomic E-state index is 0.189. The van der Waals surface area contributed by atoms with E-state index < -0.39 is 12.4 Å². The summed E-state index contributed by atoms with van der Waals surface area (Å²) in [5, 5.41) is 13.0. The van der Waals surface area contributed by atoms with Gasteiger partial charge in [-0.1, -0.05) is 20.8 Å². The number of carbonyl (C=O) groups is 1. The van der Waals surface area contributed by atoms with Gasteiger partial charge in [0.2, 0.25) is 0 Å². The zero-order valence-electron chi connectivity index (χ0n) is 17.7. The van der Waals surface area contributed by atoms with Crippen LogP contribution in [-0.4, -0.2) is 36.9 Å². The number of ether oxygens (including phenoxy) is 1. The molecule has 0 aromatic heterocycles. The van der Waals surface area contributed by atoms with Crippen molar-refractivity contribution in [3.63, 3.8) is 0 Å². The fraction of sp³-hybridized carbons (Fsp3) is 0.957. The van der Waals surface area contributed by atoms with Gasteiger partial charge in [0.15, 0.2) is 12.1 Å². The van der Waals surface area contributed by atoms with Crippen molar-refractivity contribution in [3.8, 4) is 0 Å². The Morgan fingerprint density at radius 2 is 1.89 bits per heavy atom. The Labute approximate surface area is 164 Å². The van der Waals surface area contributed by atoms with Crippen LogP contribution in [-0.2, 0) is 9.53 Å². The molecule has 4 saturated carbocycles. The van der Waals surface area contributed by atoms with Gasteiger partial charge in [0.25, 0.3) is 0 Å². The van der Waals surface area contributed by atoms with Crippen LogP contribution in [0.15, 0.2) is 0 Å². The number of ketones is 1. The fourth-order valence-electron chi connectivity index (χ4n) is 7.87. The number of likely N-dealkylation sites (N-methyl/N-ethyl adjacent to an activating group) is 1. The maximum atomic E-state index is 12.7. The molecule has 4 aliphatic rings. The molecule has 0 aliphatic heterocycles. The summed E-state index contributed by atoms with van der Waals surface area (Å²) in [6.07, 6.45) is 8.11. The number of hydrogen-bond donors (Lipinski definition) is 2. The van der Waals surface area contributed by atoms with Crippen LogP contribution in [0.4, 0.5) is 0 Å². The Bertz CT molecular complexity index is 580. The van der Waals surface area contributed by atoms with Gasteiger partial charge in [0.05, 0.1) is 0 Å². The van der Waals surface area contributed by atoms with Crippen molar-refractivity contribution in [2.75, 3.05) is 13.6 Å². The standard InChI is InChI=1S/C23H39NO3/c1-14-5-8-17-16-7-6-15-11-19(25)20(27-21(26)13-24-4)12-23(15,3)18(16)9-10-22(14,17)2/h14-18,20-21,24,26H,5-13H2,1-4H3/t14-,15?,16?,17?,18?,20?,21?,22-,23+/m1/s1. The van der Waals surface area contributed by atoms with Crippen molar-refractivity contribution in [2.24, 2.45) is 40.4 Å². The van der Waals surface area contributed by atoms with Gasteiger partial charge in [-0.25, -0.2) is 0 Å². The highest BCUT2D eigenvalue weighted by molar-refractivity contribution is 5.84. The molecule has 0 spiro atoms. The molecule has 0 aromatic carbocycles. The Hall–Kier alpha value is -0.450. The number of Topliss-reactive ketones (excluding diaryl/α,β-unsaturated/α-hetero) is 1. The Balaban J connectivity index is 1.55. The first kappa shape index (κ1) is 19.8. The van der Waals surface area contributed by atoms with Gasteiger partial charge in [0.1, 0.15) is 6.10 Å². The lowest BCUT2D eigenvalue weighted by atomic mass is 9.44. The number of aliphatic hydroxyl groups excluding tert-OH is 1. The molecule has 2 N–H and O–H groups in total. The molecule has 0 bridgehead atoms. The number of rotatable bonds is 4. The van der Waals surface area contributed by atoms with E-state index in [4.69, 9.17) is 4.74 Å². The smallest absolute Gasteiger partial charge is 0.167 e. The Morgan fingerprint density at radius 1 is 1.15 bits per heavy atom. The lowest BCUT2D eigenvalue weighted by Gasteiger charge is -2.60. The molecule has 4 nitrogen and oxygen atoms in total. The topological polar surface area (TPSA) is 58.6 Å². The van der Waals surface area contributed by atoms with Gasteiger partial charge >= 0.3 is 0 Å². The normalized spacial score (nSPS) is 50.6. The van der Waals surface area contributed by atoms with E-state index in [2.05, 4.69) is 26.1 Å². The zero-order valence-corrected chi connectivity index (χ0v) is 17.7. The third kappa shape index (κ3) is 3.11. The van der Waals surface area contributed by atoms with Crippen LogP contribution in [0.3, 0.4) is 0 Å². The van der Waals surface area contributed by atoms with Crippen LogP contribution in [0.25, 0.3) is 0 Å². The molecule has 0 aromatic rings. The highest BCUT2D eigenvalue weighted by Crippen LogP contribution is 2.67. The second-order valence-corrected chi connectivity index (χ2v) is 10.7. The van der Waals surface area contributed by atoms with Crippen molar-refractivity contribution >= 4 is 5.78 Å². The summed E-state index contributed by atoms with van der Waals surface area (Å²) in [5.41, 5.74) is 0.724. The van der Waals surface area contributed by atoms with Gasteiger partial charge in [-0.15, -0.1) is 0 Å². The summed E-state index contributed by atoms with van der Waals surface area (Å²) in [6, 6.07) is 0. The average molecular weight is 378 g/mol. The molecule has 4 fully saturated rings. The molecule has 6 unspecified atom stereocenters. The van der Waals surface area contributed by atoms with Gasteiger partial charge in [0, 0.05) is 13.0 Å². The number of fused-ring (bicyclic) bond motifs is 5. The monoisotopic (exact) mass is 377 g/mol. The Kier molecular flexibility index (Phi) is 5.22. The number of aliphatic hydroxyl groups is 1. The fourth-order valence-corrected chi connectivity index (χ4v) is 7.87. The summed E-state index contributed by atoms with van der Waals surface area (Å²) in [7, 11) is 1.79. The summed E-state index contributed by atoms with van der Waals surface area (Å²) in [6.45, 7) is 7.85. The molecule has 0 amide bonds. The van der Waals surface area contributed by atoms with E-state index in [1.165, 1.54) is 38.5 Å².